The van der Waals surface area contributed by atoms with Crippen LogP contribution in [0, 0.1) is 17.2 Å². The first kappa shape index (κ1) is 13.9. The average Bonchev–Trinajstić information content (AvgIpc) is 2.21. The third-order valence-electron chi connectivity index (χ3n) is 2.50. The lowest BCUT2D eigenvalue weighted by Gasteiger charge is -2.20. The van der Waals surface area contributed by atoms with Gasteiger partial charge in [0.15, 0.2) is 0 Å². The van der Waals surface area contributed by atoms with Crippen molar-refractivity contribution in [3.05, 3.63) is 0 Å². The molecule has 0 aromatic carbocycles. The van der Waals surface area contributed by atoms with Crippen molar-refractivity contribution in [2.24, 2.45) is 5.92 Å². The maximum absolute atomic E-state index is 11.5. The van der Waals surface area contributed by atoms with E-state index in [1.54, 1.807) is 0 Å². The van der Waals surface area contributed by atoms with E-state index in [4.69, 9.17) is 5.26 Å². The number of nitriles is 1. The molecule has 0 aromatic rings. The molecule has 0 bridgehead atoms. The molecule has 0 rings (SSSR count). The molecule has 0 spiro atoms. The molecule has 0 radical (unpaired) electrons. The van der Waals surface area contributed by atoms with Crippen LogP contribution in [0.2, 0.25) is 0 Å². The molecule has 0 fully saturated rings. The van der Waals surface area contributed by atoms with E-state index in [9.17, 15) is 4.79 Å². The summed E-state index contributed by atoms with van der Waals surface area (Å²) in [6.45, 7) is 4.59. The van der Waals surface area contributed by atoms with Gasteiger partial charge in [0, 0.05) is 12.6 Å². The molecule has 0 aliphatic carbocycles. The fourth-order valence-corrected chi connectivity index (χ4v) is 1.10. The summed E-state index contributed by atoms with van der Waals surface area (Å²) in [6.07, 6.45) is 1.49. The standard InChI is InChI=1S/C11H21N3O/c1-5-6-10(7-12)11(15)13-8-9(2)14(3)4/h9-10H,5-6,8H2,1-4H3,(H,13,15). The van der Waals surface area contributed by atoms with Crippen molar-refractivity contribution in [1.82, 2.24) is 10.2 Å². The fourth-order valence-electron chi connectivity index (χ4n) is 1.10. The van der Waals surface area contributed by atoms with E-state index in [0.717, 1.165) is 6.42 Å². The smallest absolute Gasteiger partial charge is 0.237 e. The molecule has 86 valence electrons. The van der Waals surface area contributed by atoms with Gasteiger partial charge in [0.25, 0.3) is 0 Å². The van der Waals surface area contributed by atoms with Crippen LogP contribution in [-0.4, -0.2) is 37.5 Å². The minimum atomic E-state index is -0.496. The summed E-state index contributed by atoms with van der Waals surface area (Å²) in [5, 5.41) is 11.6. The van der Waals surface area contributed by atoms with Crippen molar-refractivity contribution in [3.63, 3.8) is 0 Å². The van der Waals surface area contributed by atoms with E-state index >= 15 is 0 Å². The minimum absolute atomic E-state index is 0.145. The highest BCUT2D eigenvalue weighted by molar-refractivity contribution is 5.80. The van der Waals surface area contributed by atoms with Crippen molar-refractivity contribution in [3.8, 4) is 6.07 Å². The Bertz CT molecular complexity index is 232. The van der Waals surface area contributed by atoms with E-state index in [2.05, 4.69) is 5.32 Å². The Balaban J connectivity index is 3.97. The summed E-state index contributed by atoms with van der Waals surface area (Å²) in [4.78, 5) is 13.6. The molecule has 15 heavy (non-hydrogen) atoms. The van der Waals surface area contributed by atoms with Gasteiger partial charge in [-0.25, -0.2) is 0 Å². The van der Waals surface area contributed by atoms with Crippen LogP contribution in [0.25, 0.3) is 0 Å². The number of likely N-dealkylation sites (N-methyl/N-ethyl adjacent to an activating group) is 1. The van der Waals surface area contributed by atoms with Gasteiger partial charge in [-0.15, -0.1) is 0 Å². The normalized spacial score (nSPS) is 14.4. The molecule has 0 aliphatic rings. The first-order valence-electron chi connectivity index (χ1n) is 5.36. The third-order valence-corrected chi connectivity index (χ3v) is 2.50. The number of nitrogens with zero attached hydrogens (tertiary/aromatic N) is 2. The molecule has 2 unspecified atom stereocenters. The maximum Gasteiger partial charge on any atom is 0.237 e. The first-order chi connectivity index (χ1) is 7.02. The van der Waals surface area contributed by atoms with Gasteiger partial charge < -0.3 is 10.2 Å². The van der Waals surface area contributed by atoms with Crippen LogP contribution in [0.4, 0.5) is 0 Å². The lowest BCUT2D eigenvalue weighted by Crippen LogP contribution is -2.40. The van der Waals surface area contributed by atoms with Crippen molar-refractivity contribution in [2.45, 2.75) is 32.7 Å². The van der Waals surface area contributed by atoms with Gasteiger partial charge in [-0.1, -0.05) is 13.3 Å². The van der Waals surface area contributed by atoms with Crippen LogP contribution in [0.5, 0.6) is 0 Å². The molecule has 2 atom stereocenters. The number of carbonyl (C=O) groups is 1. The molecular formula is C11H21N3O. The fraction of sp³-hybridized carbons (Fsp3) is 0.818. The number of hydrogen-bond acceptors (Lipinski definition) is 3. The molecule has 0 aromatic heterocycles. The number of nitrogens with one attached hydrogen (secondary N) is 1. The van der Waals surface area contributed by atoms with Crippen molar-refractivity contribution < 1.29 is 4.79 Å². The van der Waals surface area contributed by atoms with Gasteiger partial charge >= 0.3 is 0 Å². The Labute approximate surface area is 92.3 Å². The van der Waals surface area contributed by atoms with E-state index in [1.807, 2.05) is 38.9 Å². The van der Waals surface area contributed by atoms with E-state index < -0.39 is 5.92 Å². The second-order valence-electron chi connectivity index (χ2n) is 4.03. The van der Waals surface area contributed by atoms with Crippen LogP contribution in [-0.2, 0) is 4.79 Å². The molecule has 0 heterocycles. The van der Waals surface area contributed by atoms with Crippen LogP contribution in [0.3, 0.4) is 0 Å². The van der Waals surface area contributed by atoms with Crippen molar-refractivity contribution in [1.29, 1.82) is 5.26 Å². The number of rotatable bonds is 6. The van der Waals surface area contributed by atoms with Crippen LogP contribution in [0.1, 0.15) is 26.7 Å². The summed E-state index contributed by atoms with van der Waals surface area (Å²) in [5.41, 5.74) is 0. The Morgan fingerprint density at radius 3 is 2.53 bits per heavy atom. The third kappa shape index (κ3) is 5.38. The number of hydrogen-bond donors (Lipinski definition) is 1. The van der Waals surface area contributed by atoms with Gasteiger partial charge in [0.05, 0.1) is 6.07 Å². The quantitative estimate of drug-likeness (QED) is 0.713. The van der Waals surface area contributed by atoms with Gasteiger partial charge in [-0.05, 0) is 27.4 Å². The SMILES string of the molecule is CCCC(C#N)C(=O)NCC(C)N(C)C. The molecule has 0 saturated carbocycles. The zero-order chi connectivity index (χ0) is 11.8. The molecule has 1 amide bonds. The topological polar surface area (TPSA) is 56.1 Å². The van der Waals surface area contributed by atoms with E-state index in [-0.39, 0.29) is 11.9 Å². The van der Waals surface area contributed by atoms with Crippen LogP contribution in [0.15, 0.2) is 0 Å². The molecule has 0 saturated heterocycles. The molecule has 4 heteroatoms. The highest BCUT2D eigenvalue weighted by atomic mass is 16.1. The van der Waals surface area contributed by atoms with Crippen LogP contribution >= 0.6 is 0 Å². The highest BCUT2D eigenvalue weighted by Crippen LogP contribution is 2.04. The molecule has 4 nitrogen and oxygen atoms in total. The maximum atomic E-state index is 11.5. The van der Waals surface area contributed by atoms with Gasteiger partial charge in [0.2, 0.25) is 5.91 Å². The largest absolute Gasteiger partial charge is 0.353 e. The van der Waals surface area contributed by atoms with Gasteiger partial charge in [-0.2, -0.15) is 5.26 Å². The average molecular weight is 211 g/mol. The molecule has 0 aliphatic heterocycles. The lowest BCUT2D eigenvalue weighted by atomic mass is 10.0. The summed E-state index contributed by atoms with van der Waals surface area (Å²) < 4.78 is 0. The highest BCUT2D eigenvalue weighted by Gasteiger charge is 2.17. The predicted molar refractivity (Wildman–Crippen MR) is 60.2 cm³/mol. The summed E-state index contributed by atoms with van der Waals surface area (Å²) in [6, 6.07) is 2.32. The molecule has 1 N–H and O–H groups in total. The number of carbonyl (C=O) groups excluding carboxylic acids is 1. The zero-order valence-electron chi connectivity index (χ0n) is 10.1. The Morgan fingerprint density at radius 2 is 2.13 bits per heavy atom. The second-order valence-corrected chi connectivity index (χ2v) is 4.03. The summed E-state index contributed by atoms with van der Waals surface area (Å²) in [5.74, 6) is -0.641. The van der Waals surface area contributed by atoms with Gasteiger partial charge in [-0.3, -0.25) is 4.79 Å². The molecular weight excluding hydrogens is 190 g/mol. The van der Waals surface area contributed by atoms with Crippen molar-refractivity contribution in [2.75, 3.05) is 20.6 Å². The van der Waals surface area contributed by atoms with Crippen LogP contribution < -0.4 is 5.32 Å². The second kappa shape index (κ2) is 7.24. The Kier molecular flexibility index (Phi) is 6.72. The summed E-state index contributed by atoms with van der Waals surface area (Å²) >= 11 is 0. The first-order valence-corrected chi connectivity index (χ1v) is 5.36. The van der Waals surface area contributed by atoms with Gasteiger partial charge in [0.1, 0.15) is 5.92 Å². The van der Waals surface area contributed by atoms with Crippen molar-refractivity contribution >= 4 is 5.91 Å². The van der Waals surface area contributed by atoms with E-state index in [1.165, 1.54) is 0 Å². The minimum Gasteiger partial charge on any atom is -0.353 e. The Morgan fingerprint density at radius 1 is 1.53 bits per heavy atom. The number of amides is 1. The Hall–Kier alpha value is -1.08. The van der Waals surface area contributed by atoms with E-state index in [0.29, 0.717) is 13.0 Å². The predicted octanol–water partition coefficient (Wildman–Crippen LogP) is 0.993. The monoisotopic (exact) mass is 211 g/mol. The zero-order valence-corrected chi connectivity index (χ0v) is 10.1. The lowest BCUT2D eigenvalue weighted by molar-refractivity contribution is -0.123. The summed E-state index contributed by atoms with van der Waals surface area (Å²) in [7, 11) is 3.93.